The minimum absolute atomic E-state index is 0.0282. The van der Waals surface area contributed by atoms with Crippen molar-refractivity contribution in [1.82, 2.24) is 0 Å². The summed E-state index contributed by atoms with van der Waals surface area (Å²) in [6.07, 6.45) is -4.77. The topological polar surface area (TPSA) is 69.7 Å². The maximum absolute atomic E-state index is 12.9. The van der Waals surface area contributed by atoms with E-state index in [0.29, 0.717) is 6.07 Å². The van der Waals surface area contributed by atoms with Crippen molar-refractivity contribution in [1.29, 1.82) is 0 Å². The van der Waals surface area contributed by atoms with E-state index in [-0.39, 0.29) is 12.0 Å². The third-order valence-corrected chi connectivity index (χ3v) is 3.94. The van der Waals surface area contributed by atoms with Gasteiger partial charge in [-0.1, -0.05) is 19.1 Å². The second kappa shape index (κ2) is 6.62. The summed E-state index contributed by atoms with van der Waals surface area (Å²) in [6, 6.07) is 3.04. The highest BCUT2D eigenvalue weighted by molar-refractivity contribution is 7.86. The lowest BCUT2D eigenvalue weighted by Gasteiger charge is -2.15. The van der Waals surface area contributed by atoms with Crippen LogP contribution in [0.4, 0.5) is 13.2 Å². The third-order valence-electron chi connectivity index (χ3n) is 2.34. The number of rotatable bonds is 6. The fourth-order valence-electron chi connectivity index (χ4n) is 1.55. The average Bonchev–Trinajstić information content (AvgIpc) is 2.37. The molecule has 0 N–H and O–H groups in total. The molecule has 0 aliphatic rings. The van der Waals surface area contributed by atoms with Crippen molar-refractivity contribution >= 4 is 18.8 Å². The maximum atomic E-state index is 12.9. The predicted molar refractivity (Wildman–Crippen MR) is 62.7 cm³/mol. The van der Waals surface area contributed by atoms with Crippen molar-refractivity contribution in [2.24, 2.45) is 0 Å². The second-order valence-electron chi connectivity index (χ2n) is 3.54. The van der Waals surface area contributed by atoms with Gasteiger partial charge in [-0.25, -0.2) is 8.75 Å². The molecule has 1 aromatic rings. The van der Waals surface area contributed by atoms with E-state index >= 15 is 0 Å². The third kappa shape index (κ3) is 3.99. The summed E-state index contributed by atoms with van der Waals surface area (Å²) < 4.78 is 80.7. The molecule has 0 bridgehead atoms. The molecule has 0 radical (unpaired) electrons. The molecular formula is C10H10F3O5PS. The van der Waals surface area contributed by atoms with Crippen LogP contribution in [0.5, 0.6) is 0 Å². The van der Waals surface area contributed by atoms with E-state index in [4.69, 9.17) is 0 Å². The standard InChI is InChI=1S/C10H10F3O5PS/c1-2-7-4-3-5-8(10(11,12)13)9(7)20(15,16)18-6-17-19-14/h3-5H,2,6H2,1H3. The Labute approximate surface area is 115 Å². The Kier molecular flexibility index (Phi) is 5.64. The van der Waals surface area contributed by atoms with E-state index in [1.807, 2.05) is 0 Å². The van der Waals surface area contributed by atoms with Crippen LogP contribution in [0.1, 0.15) is 18.1 Å². The highest BCUT2D eigenvalue weighted by atomic mass is 32.2. The SMILES string of the molecule is CCc1cccc(C(F)(F)F)c1S(=O)(=O)OCOP=O. The van der Waals surface area contributed by atoms with Gasteiger partial charge < -0.3 is 0 Å². The minimum atomic E-state index is -4.84. The van der Waals surface area contributed by atoms with Crippen LogP contribution in [0.3, 0.4) is 0 Å². The second-order valence-corrected chi connectivity index (χ2v) is 5.50. The first-order chi connectivity index (χ1) is 9.24. The van der Waals surface area contributed by atoms with Crippen LogP contribution in [0.25, 0.3) is 0 Å². The van der Waals surface area contributed by atoms with Crippen LogP contribution in [-0.2, 0) is 36.0 Å². The van der Waals surface area contributed by atoms with Gasteiger partial charge in [0.15, 0.2) is 6.79 Å². The number of hydrogen-bond donors (Lipinski definition) is 0. The van der Waals surface area contributed by atoms with Crippen LogP contribution in [0.2, 0.25) is 0 Å². The van der Waals surface area contributed by atoms with Gasteiger partial charge in [-0.05, 0) is 18.1 Å². The van der Waals surface area contributed by atoms with Gasteiger partial charge in [-0.3, -0.25) is 4.52 Å². The Morgan fingerprint density at radius 2 is 1.95 bits per heavy atom. The summed E-state index contributed by atoms with van der Waals surface area (Å²) in [5.41, 5.74) is -1.34. The van der Waals surface area contributed by atoms with Crippen molar-refractivity contribution in [3.8, 4) is 0 Å². The zero-order valence-corrected chi connectivity index (χ0v) is 11.9. The molecule has 0 amide bonds. The largest absolute Gasteiger partial charge is 0.417 e. The molecule has 0 saturated carbocycles. The van der Waals surface area contributed by atoms with Gasteiger partial charge in [0.25, 0.3) is 10.1 Å². The predicted octanol–water partition coefficient (Wildman–Crippen LogP) is 3.15. The van der Waals surface area contributed by atoms with E-state index in [1.165, 1.54) is 13.0 Å². The first-order valence-electron chi connectivity index (χ1n) is 5.27. The molecule has 0 heterocycles. The Bertz CT molecular complexity index is 585. The summed E-state index contributed by atoms with van der Waals surface area (Å²) in [6.45, 7) is 0.573. The molecule has 20 heavy (non-hydrogen) atoms. The quantitative estimate of drug-likeness (QED) is 0.347. The summed E-state index contributed by atoms with van der Waals surface area (Å²) >= 11 is 0. The van der Waals surface area contributed by atoms with Crippen LogP contribution in [0, 0.1) is 0 Å². The smallest absolute Gasteiger partial charge is 0.265 e. The zero-order chi connectivity index (χ0) is 15.4. The van der Waals surface area contributed by atoms with Crippen LogP contribution in [0.15, 0.2) is 23.1 Å². The monoisotopic (exact) mass is 330 g/mol. The Morgan fingerprint density at radius 1 is 1.30 bits per heavy atom. The molecule has 1 aromatic carbocycles. The molecule has 0 unspecified atom stereocenters. The van der Waals surface area contributed by atoms with E-state index in [9.17, 15) is 26.2 Å². The van der Waals surface area contributed by atoms with Crippen molar-refractivity contribution in [2.75, 3.05) is 6.79 Å². The Hall–Kier alpha value is -1.02. The van der Waals surface area contributed by atoms with Crippen molar-refractivity contribution in [3.05, 3.63) is 29.3 Å². The van der Waals surface area contributed by atoms with Crippen molar-refractivity contribution in [3.63, 3.8) is 0 Å². The Morgan fingerprint density at radius 3 is 2.45 bits per heavy atom. The van der Waals surface area contributed by atoms with Crippen molar-refractivity contribution < 1.29 is 34.9 Å². The van der Waals surface area contributed by atoms with Gasteiger partial charge in [-0.15, -0.1) is 0 Å². The fourth-order valence-corrected chi connectivity index (χ4v) is 2.99. The molecule has 0 aliphatic carbocycles. The van der Waals surface area contributed by atoms with E-state index in [2.05, 4.69) is 8.71 Å². The molecule has 1 rings (SSSR count). The van der Waals surface area contributed by atoms with Gasteiger partial charge in [0, 0.05) is 0 Å². The van der Waals surface area contributed by atoms with E-state index < -0.39 is 42.2 Å². The summed E-state index contributed by atoms with van der Waals surface area (Å²) in [5, 5.41) is 0. The summed E-state index contributed by atoms with van der Waals surface area (Å²) in [5.74, 6) is 0. The van der Waals surface area contributed by atoms with Gasteiger partial charge in [0.05, 0.1) is 5.56 Å². The van der Waals surface area contributed by atoms with Crippen LogP contribution >= 0.6 is 8.69 Å². The number of hydrogen-bond acceptors (Lipinski definition) is 5. The number of alkyl halides is 3. The van der Waals surface area contributed by atoms with Gasteiger partial charge in [0.2, 0.25) is 0 Å². The summed E-state index contributed by atoms with van der Waals surface area (Å²) in [7, 11) is -5.52. The lowest BCUT2D eigenvalue weighted by atomic mass is 10.1. The molecule has 0 aromatic heterocycles. The number of aryl methyl sites for hydroxylation is 1. The average molecular weight is 330 g/mol. The fraction of sp³-hybridized carbons (Fsp3) is 0.400. The van der Waals surface area contributed by atoms with Crippen LogP contribution in [-0.4, -0.2) is 15.2 Å². The lowest BCUT2D eigenvalue weighted by Crippen LogP contribution is -2.18. The van der Waals surface area contributed by atoms with E-state index in [1.54, 1.807) is 0 Å². The van der Waals surface area contributed by atoms with Gasteiger partial charge >= 0.3 is 14.9 Å². The first kappa shape index (κ1) is 17.0. The van der Waals surface area contributed by atoms with Gasteiger partial charge in [0.1, 0.15) is 4.90 Å². The molecule has 0 saturated heterocycles. The molecule has 5 nitrogen and oxygen atoms in total. The Balaban J connectivity index is 3.37. The summed E-state index contributed by atoms with van der Waals surface area (Å²) in [4.78, 5) is -0.943. The normalized spacial score (nSPS) is 12.8. The molecule has 0 atom stereocenters. The molecule has 0 spiro atoms. The molecular weight excluding hydrogens is 320 g/mol. The van der Waals surface area contributed by atoms with Gasteiger partial charge in [-0.2, -0.15) is 21.6 Å². The van der Waals surface area contributed by atoms with E-state index in [0.717, 1.165) is 6.07 Å². The number of benzene rings is 1. The first-order valence-corrected chi connectivity index (χ1v) is 7.41. The molecule has 0 aliphatic heterocycles. The minimum Gasteiger partial charge on any atom is -0.265 e. The zero-order valence-electron chi connectivity index (χ0n) is 10.2. The highest BCUT2D eigenvalue weighted by Gasteiger charge is 2.38. The van der Waals surface area contributed by atoms with Crippen molar-refractivity contribution in [2.45, 2.75) is 24.4 Å². The molecule has 0 fully saturated rings. The number of halogens is 3. The maximum Gasteiger partial charge on any atom is 0.417 e. The molecule has 10 heteroatoms. The lowest BCUT2D eigenvalue weighted by molar-refractivity contribution is -0.140. The van der Waals surface area contributed by atoms with Crippen LogP contribution < -0.4 is 0 Å². The highest BCUT2D eigenvalue weighted by Crippen LogP contribution is 2.36. The molecule has 112 valence electrons.